The molecule has 0 unspecified atom stereocenters. The number of carbonyl (C=O) groups is 1. The predicted molar refractivity (Wildman–Crippen MR) is 133 cm³/mol. The lowest BCUT2D eigenvalue weighted by molar-refractivity contribution is 0.0488. The summed E-state index contributed by atoms with van der Waals surface area (Å²) in [6.07, 6.45) is 5.04. The van der Waals surface area contributed by atoms with E-state index in [1.807, 2.05) is 57.2 Å². The van der Waals surface area contributed by atoms with Gasteiger partial charge in [-0.2, -0.15) is 5.26 Å². The van der Waals surface area contributed by atoms with E-state index in [1.165, 1.54) is 0 Å². The van der Waals surface area contributed by atoms with Crippen LogP contribution in [-0.2, 0) is 4.74 Å². The first-order valence-corrected chi connectivity index (χ1v) is 11.8. The molecule has 2 heterocycles. The highest BCUT2D eigenvalue weighted by Crippen LogP contribution is 2.28. The van der Waals surface area contributed by atoms with Gasteiger partial charge in [-0.05, 0) is 39.7 Å². The minimum absolute atomic E-state index is 0.00816. The van der Waals surface area contributed by atoms with Crippen molar-refractivity contribution in [2.45, 2.75) is 64.1 Å². The first-order chi connectivity index (χ1) is 16.8. The van der Waals surface area contributed by atoms with Crippen LogP contribution in [0.1, 0.15) is 52.1 Å². The van der Waals surface area contributed by atoms with Gasteiger partial charge in [0.25, 0.3) is 0 Å². The maximum Gasteiger partial charge on any atom is 0.407 e. The van der Waals surface area contributed by atoms with Crippen LogP contribution < -0.4 is 16.0 Å². The average molecular weight is 475 g/mol. The number of nitriles is 1. The number of aromatic nitrogens is 2. The van der Waals surface area contributed by atoms with Gasteiger partial charge < -0.3 is 25.2 Å². The summed E-state index contributed by atoms with van der Waals surface area (Å²) in [7, 11) is 0. The Kier molecular flexibility index (Phi) is 7.20. The van der Waals surface area contributed by atoms with E-state index in [-0.39, 0.29) is 17.8 Å². The van der Waals surface area contributed by atoms with E-state index in [9.17, 15) is 10.1 Å². The second-order valence-corrected chi connectivity index (χ2v) is 9.59. The third-order valence-electron chi connectivity index (χ3n) is 5.65. The molecule has 35 heavy (non-hydrogen) atoms. The Morgan fingerprint density at radius 2 is 1.89 bits per heavy atom. The molecule has 1 aliphatic carbocycles. The lowest BCUT2D eigenvalue weighted by atomic mass is 9.90. The molecule has 1 fully saturated rings. The van der Waals surface area contributed by atoms with Gasteiger partial charge in [0.05, 0.1) is 23.6 Å². The summed E-state index contributed by atoms with van der Waals surface area (Å²) < 4.78 is 10.9. The Labute approximate surface area is 204 Å². The number of hydrogen-bond acceptors (Lipinski definition) is 8. The van der Waals surface area contributed by atoms with Gasteiger partial charge in [-0.3, -0.25) is 0 Å². The number of carbonyl (C=O) groups excluding carboxylic acids is 1. The number of anilines is 3. The Hall–Kier alpha value is -4.06. The number of rotatable bonds is 6. The molecule has 2 atom stereocenters. The topological polar surface area (TPSA) is 125 Å². The van der Waals surface area contributed by atoms with Crippen LogP contribution in [0.4, 0.5) is 22.1 Å². The van der Waals surface area contributed by atoms with Crippen LogP contribution in [0.2, 0.25) is 0 Å². The molecule has 0 radical (unpaired) electrons. The molecule has 1 aromatic carbocycles. The summed E-state index contributed by atoms with van der Waals surface area (Å²) >= 11 is 0. The van der Waals surface area contributed by atoms with Crippen LogP contribution in [0.25, 0.3) is 11.3 Å². The number of pyridine rings is 1. The predicted octanol–water partition coefficient (Wildman–Crippen LogP) is 5.60. The summed E-state index contributed by atoms with van der Waals surface area (Å²) in [5.74, 6) is 0.404. The number of benzene rings is 1. The summed E-state index contributed by atoms with van der Waals surface area (Å²) in [6, 6.07) is 15.3. The summed E-state index contributed by atoms with van der Waals surface area (Å²) in [6.45, 7) is 5.53. The van der Waals surface area contributed by atoms with Crippen LogP contribution >= 0.6 is 0 Å². The Bertz CT molecular complexity index is 1200. The molecule has 9 nitrogen and oxygen atoms in total. The lowest BCUT2D eigenvalue weighted by Gasteiger charge is -2.34. The maximum atomic E-state index is 12.3. The van der Waals surface area contributed by atoms with Gasteiger partial charge in [0.15, 0.2) is 5.69 Å². The van der Waals surface area contributed by atoms with Gasteiger partial charge in [-0.25, -0.2) is 9.78 Å². The largest absolute Gasteiger partial charge is 0.444 e. The molecule has 0 aliphatic heterocycles. The van der Waals surface area contributed by atoms with Gasteiger partial charge in [0, 0.05) is 17.7 Å². The van der Waals surface area contributed by atoms with E-state index >= 15 is 0 Å². The first kappa shape index (κ1) is 24.1. The van der Waals surface area contributed by atoms with Crippen molar-refractivity contribution in [1.29, 1.82) is 5.26 Å². The minimum atomic E-state index is -0.555. The Morgan fingerprint density at radius 1 is 1.14 bits per heavy atom. The molecule has 1 aliphatic rings. The molecule has 1 amide bonds. The molecule has 182 valence electrons. The van der Waals surface area contributed by atoms with Crippen molar-refractivity contribution in [3.63, 3.8) is 0 Å². The van der Waals surface area contributed by atoms with Crippen LogP contribution in [-0.4, -0.2) is 33.9 Å². The van der Waals surface area contributed by atoms with E-state index in [1.54, 1.807) is 12.3 Å². The van der Waals surface area contributed by atoms with E-state index in [0.717, 1.165) is 36.9 Å². The number of nitrogens with zero attached hydrogens (tertiary/aromatic N) is 3. The highest BCUT2D eigenvalue weighted by molar-refractivity contribution is 5.70. The van der Waals surface area contributed by atoms with E-state index in [0.29, 0.717) is 17.3 Å². The number of ether oxygens (including phenoxy) is 1. The summed E-state index contributed by atoms with van der Waals surface area (Å²) in [4.78, 5) is 16.6. The zero-order chi connectivity index (χ0) is 24.8. The summed E-state index contributed by atoms with van der Waals surface area (Å²) in [5, 5.41) is 23.3. The maximum absolute atomic E-state index is 12.3. The molecule has 3 aromatic rings. The second kappa shape index (κ2) is 10.5. The molecule has 0 bridgehead atoms. The molecule has 0 saturated heterocycles. The van der Waals surface area contributed by atoms with Crippen LogP contribution in [0.3, 0.4) is 0 Å². The van der Waals surface area contributed by atoms with Crippen molar-refractivity contribution in [1.82, 2.24) is 15.5 Å². The molecule has 2 aromatic heterocycles. The van der Waals surface area contributed by atoms with Crippen molar-refractivity contribution in [3.05, 3.63) is 54.4 Å². The summed E-state index contributed by atoms with van der Waals surface area (Å²) in [5.41, 5.74) is 2.53. The Morgan fingerprint density at radius 3 is 2.60 bits per heavy atom. The van der Waals surface area contributed by atoms with Crippen molar-refractivity contribution >= 4 is 23.4 Å². The minimum Gasteiger partial charge on any atom is -0.444 e. The van der Waals surface area contributed by atoms with Gasteiger partial charge in [0.1, 0.15) is 17.4 Å². The average Bonchev–Trinajstić information content (AvgIpc) is 3.28. The van der Waals surface area contributed by atoms with Crippen LogP contribution in [0.15, 0.2) is 53.2 Å². The lowest BCUT2D eigenvalue weighted by Crippen LogP contribution is -2.49. The third-order valence-corrected chi connectivity index (χ3v) is 5.65. The molecule has 4 rings (SSSR count). The zero-order valence-corrected chi connectivity index (χ0v) is 20.2. The van der Waals surface area contributed by atoms with E-state index in [2.05, 4.69) is 32.2 Å². The molecular weight excluding hydrogens is 444 g/mol. The van der Waals surface area contributed by atoms with Gasteiger partial charge in [-0.1, -0.05) is 48.3 Å². The van der Waals surface area contributed by atoms with Crippen LogP contribution in [0.5, 0.6) is 0 Å². The SMILES string of the molecule is CC(C)(C)OC(=O)N[C@H]1CCCC[C@H]1Nc1cnc(C#N)c(Nc2cc(-c3ccccc3)no2)c1. The monoisotopic (exact) mass is 474 g/mol. The molecule has 1 saturated carbocycles. The Balaban J connectivity index is 1.47. The van der Waals surface area contributed by atoms with E-state index < -0.39 is 11.7 Å². The number of nitrogens with one attached hydrogen (secondary N) is 3. The fourth-order valence-electron chi connectivity index (χ4n) is 4.09. The molecule has 9 heteroatoms. The fourth-order valence-corrected chi connectivity index (χ4v) is 4.09. The zero-order valence-electron chi connectivity index (χ0n) is 20.2. The normalized spacial score (nSPS) is 17.8. The van der Waals surface area contributed by atoms with Crippen molar-refractivity contribution in [2.24, 2.45) is 0 Å². The van der Waals surface area contributed by atoms with Gasteiger partial charge >= 0.3 is 6.09 Å². The standard InChI is InChI=1S/C26H30N6O3/c1-26(2,3)34-25(33)31-20-12-8-7-11-19(20)29-18-13-22(23(15-27)28-16-18)30-24-14-21(32-35-24)17-9-5-4-6-10-17/h4-6,9-10,13-14,16,19-20,29-30H,7-8,11-12H2,1-3H3,(H,31,33)/t19-,20+/m1/s1. The third kappa shape index (κ3) is 6.51. The van der Waals surface area contributed by atoms with Crippen molar-refractivity contribution in [3.8, 4) is 17.3 Å². The van der Waals surface area contributed by atoms with Crippen molar-refractivity contribution < 1.29 is 14.1 Å². The molecular formula is C26H30N6O3. The van der Waals surface area contributed by atoms with Crippen molar-refractivity contribution in [2.75, 3.05) is 10.6 Å². The quantitative estimate of drug-likeness (QED) is 0.422. The van der Waals surface area contributed by atoms with Gasteiger partial charge in [-0.15, -0.1) is 0 Å². The molecule has 3 N–H and O–H groups in total. The highest BCUT2D eigenvalue weighted by atomic mass is 16.6. The number of hydrogen-bond donors (Lipinski definition) is 3. The second-order valence-electron chi connectivity index (χ2n) is 9.59. The van der Waals surface area contributed by atoms with E-state index in [4.69, 9.17) is 9.26 Å². The first-order valence-electron chi connectivity index (χ1n) is 11.8. The number of amides is 1. The fraction of sp³-hybridized carbons (Fsp3) is 0.385. The smallest absolute Gasteiger partial charge is 0.407 e. The molecule has 0 spiro atoms. The number of alkyl carbamates (subject to hydrolysis) is 1. The van der Waals surface area contributed by atoms with Gasteiger partial charge in [0.2, 0.25) is 5.88 Å². The van der Waals surface area contributed by atoms with Crippen LogP contribution in [0, 0.1) is 11.3 Å². The highest BCUT2D eigenvalue weighted by Gasteiger charge is 2.28.